The van der Waals surface area contributed by atoms with Crippen LogP contribution in [-0.4, -0.2) is 80.4 Å². The Balaban J connectivity index is 1.14. The van der Waals surface area contributed by atoms with Crippen molar-refractivity contribution in [3.63, 3.8) is 0 Å². The smallest absolute Gasteiger partial charge is 0.335 e. The fourth-order valence-corrected chi connectivity index (χ4v) is 5.26. The number of nitrogens with zero attached hydrogens (tertiary/aromatic N) is 6. The van der Waals surface area contributed by atoms with Crippen molar-refractivity contribution in [2.45, 2.75) is 38.7 Å². The molecule has 0 saturated carbocycles. The molecule has 0 radical (unpaired) electrons. The molecule has 9 nitrogen and oxygen atoms in total. The summed E-state index contributed by atoms with van der Waals surface area (Å²) in [6, 6.07) is 7.74. The number of aromatic nitrogens is 4. The molecule has 1 aromatic heterocycles. The number of hydrogen-bond donors (Lipinski definition) is 1. The minimum absolute atomic E-state index is 0.171. The zero-order chi connectivity index (χ0) is 22.1. The van der Waals surface area contributed by atoms with Crippen LogP contribution < -0.4 is 0 Å². The van der Waals surface area contributed by atoms with E-state index in [9.17, 15) is 9.90 Å². The SMILES string of the molecule is CC1=C(N2CCC3(CCN(C[C@H](O)c4cccc(-n5cnnn5)c4)CC3)CC2)COC1=O. The first-order valence-electron chi connectivity index (χ1n) is 11.4. The standard InChI is InChI=1S/C23H30N6O3/c1-17-20(15-32-22(17)31)28-11-7-23(8-12-28)5-9-27(10-6-23)14-21(30)18-3-2-4-19(13-18)29-16-24-25-26-29/h2-4,13,16,21,30H,5-12,14-15H2,1H3/t21-/m0/s1. The molecule has 32 heavy (non-hydrogen) atoms. The molecule has 3 aliphatic heterocycles. The van der Waals surface area contributed by atoms with Crippen LogP contribution in [0.2, 0.25) is 0 Å². The number of carbonyl (C=O) groups excluding carboxylic acids is 1. The maximum absolute atomic E-state index is 11.7. The molecule has 1 atom stereocenters. The van der Waals surface area contributed by atoms with Crippen LogP contribution in [0.25, 0.3) is 5.69 Å². The molecule has 0 unspecified atom stereocenters. The molecule has 2 aromatic rings. The zero-order valence-electron chi connectivity index (χ0n) is 18.5. The number of cyclic esters (lactones) is 1. The lowest BCUT2D eigenvalue weighted by Crippen LogP contribution is -2.47. The van der Waals surface area contributed by atoms with E-state index >= 15 is 0 Å². The molecule has 2 saturated heterocycles. The third-order valence-corrected chi connectivity index (χ3v) is 7.50. The van der Waals surface area contributed by atoms with Crippen molar-refractivity contribution in [3.8, 4) is 5.69 Å². The van der Waals surface area contributed by atoms with Gasteiger partial charge in [0, 0.05) is 19.6 Å². The van der Waals surface area contributed by atoms with Crippen molar-refractivity contribution in [2.24, 2.45) is 5.41 Å². The number of benzene rings is 1. The van der Waals surface area contributed by atoms with E-state index < -0.39 is 6.10 Å². The van der Waals surface area contributed by atoms with Crippen molar-refractivity contribution in [2.75, 3.05) is 39.3 Å². The van der Waals surface area contributed by atoms with E-state index in [-0.39, 0.29) is 5.97 Å². The number of likely N-dealkylation sites (tertiary alicyclic amines) is 2. The van der Waals surface area contributed by atoms with Crippen LogP contribution in [0.1, 0.15) is 44.3 Å². The average molecular weight is 439 g/mol. The molecule has 1 N–H and O–H groups in total. The summed E-state index contributed by atoms with van der Waals surface area (Å²) in [6.45, 7) is 6.94. The summed E-state index contributed by atoms with van der Waals surface area (Å²) in [6.07, 6.45) is 5.63. The van der Waals surface area contributed by atoms with Crippen molar-refractivity contribution < 1.29 is 14.6 Å². The van der Waals surface area contributed by atoms with Crippen LogP contribution in [0.15, 0.2) is 41.9 Å². The van der Waals surface area contributed by atoms with E-state index in [1.165, 1.54) is 0 Å². The van der Waals surface area contributed by atoms with Gasteiger partial charge in [-0.25, -0.2) is 9.48 Å². The number of hydrogen-bond acceptors (Lipinski definition) is 8. The van der Waals surface area contributed by atoms with Crippen molar-refractivity contribution in [1.29, 1.82) is 0 Å². The molecule has 1 spiro atoms. The Morgan fingerprint density at radius 3 is 2.56 bits per heavy atom. The summed E-state index contributed by atoms with van der Waals surface area (Å²) in [4.78, 5) is 16.4. The second kappa shape index (κ2) is 8.63. The Morgan fingerprint density at radius 1 is 1.16 bits per heavy atom. The highest BCUT2D eigenvalue weighted by Crippen LogP contribution is 2.42. The largest absolute Gasteiger partial charge is 0.456 e. The van der Waals surface area contributed by atoms with Gasteiger partial charge in [0.1, 0.15) is 12.9 Å². The fraction of sp³-hybridized carbons (Fsp3) is 0.565. The zero-order valence-corrected chi connectivity index (χ0v) is 18.5. The van der Waals surface area contributed by atoms with Gasteiger partial charge in [0.2, 0.25) is 0 Å². The Bertz CT molecular complexity index is 987. The quantitative estimate of drug-likeness (QED) is 0.705. The van der Waals surface area contributed by atoms with Crippen molar-refractivity contribution in [1.82, 2.24) is 30.0 Å². The molecule has 5 rings (SSSR count). The van der Waals surface area contributed by atoms with E-state index in [1.54, 1.807) is 11.0 Å². The summed E-state index contributed by atoms with van der Waals surface area (Å²) in [7, 11) is 0. The highest BCUT2D eigenvalue weighted by Gasteiger charge is 2.39. The van der Waals surface area contributed by atoms with Crippen LogP contribution >= 0.6 is 0 Å². The third kappa shape index (κ3) is 4.14. The number of β-amino-alcohol motifs (C(OH)–C–C–N with tert-alkyl or cyclic N) is 1. The van der Waals surface area contributed by atoms with Crippen LogP contribution in [0, 0.1) is 5.41 Å². The van der Waals surface area contributed by atoms with Gasteiger partial charge in [-0.15, -0.1) is 5.10 Å². The normalized spacial score (nSPS) is 22.4. The van der Waals surface area contributed by atoms with Gasteiger partial charge in [0.15, 0.2) is 0 Å². The number of piperidine rings is 2. The van der Waals surface area contributed by atoms with Crippen LogP contribution in [0.5, 0.6) is 0 Å². The Morgan fingerprint density at radius 2 is 1.91 bits per heavy atom. The molecule has 0 amide bonds. The summed E-state index contributed by atoms with van der Waals surface area (Å²) < 4.78 is 6.78. The van der Waals surface area contributed by atoms with E-state index in [0.717, 1.165) is 74.4 Å². The van der Waals surface area contributed by atoms with Gasteiger partial charge >= 0.3 is 5.97 Å². The summed E-state index contributed by atoms with van der Waals surface area (Å²) >= 11 is 0. The number of aliphatic hydroxyl groups excluding tert-OH is 1. The Labute approximate surface area is 187 Å². The highest BCUT2D eigenvalue weighted by molar-refractivity contribution is 5.90. The van der Waals surface area contributed by atoms with E-state index in [0.29, 0.717) is 18.6 Å². The van der Waals surface area contributed by atoms with E-state index in [1.807, 2.05) is 31.2 Å². The second-order valence-electron chi connectivity index (χ2n) is 9.30. The molecule has 170 valence electrons. The number of esters is 1. The number of aliphatic hydroxyl groups is 1. The lowest BCUT2D eigenvalue weighted by atomic mass is 9.71. The number of ether oxygens (including phenoxy) is 1. The minimum atomic E-state index is -0.544. The lowest BCUT2D eigenvalue weighted by molar-refractivity contribution is -0.136. The highest BCUT2D eigenvalue weighted by atomic mass is 16.5. The molecular weight excluding hydrogens is 408 g/mol. The predicted molar refractivity (Wildman–Crippen MR) is 117 cm³/mol. The first-order chi connectivity index (χ1) is 15.5. The van der Waals surface area contributed by atoms with Crippen molar-refractivity contribution in [3.05, 3.63) is 47.4 Å². The monoisotopic (exact) mass is 438 g/mol. The lowest BCUT2D eigenvalue weighted by Gasteiger charge is -2.47. The molecule has 0 aliphatic carbocycles. The van der Waals surface area contributed by atoms with Crippen LogP contribution in [-0.2, 0) is 9.53 Å². The Hall–Kier alpha value is -2.78. The van der Waals surface area contributed by atoms with Crippen LogP contribution in [0.3, 0.4) is 0 Å². The molecule has 0 bridgehead atoms. The fourth-order valence-electron chi connectivity index (χ4n) is 5.26. The second-order valence-corrected chi connectivity index (χ2v) is 9.30. The summed E-state index contributed by atoms with van der Waals surface area (Å²) in [5.41, 5.74) is 3.96. The predicted octanol–water partition coefficient (Wildman–Crippen LogP) is 1.70. The van der Waals surface area contributed by atoms with Gasteiger partial charge < -0.3 is 19.6 Å². The molecule has 9 heteroatoms. The molecule has 2 fully saturated rings. The van der Waals surface area contributed by atoms with Gasteiger partial charge in [-0.05, 0) is 79.2 Å². The van der Waals surface area contributed by atoms with Crippen molar-refractivity contribution >= 4 is 5.97 Å². The van der Waals surface area contributed by atoms with E-state index in [2.05, 4.69) is 25.3 Å². The number of tetrazole rings is 1. The average Bonchev–Trinajstić information content (AvgIpc) is 3.47. The first kappa shape index (κ1) is 21.1. The summed E-state index contributed by atoms with van der Waals surface area (Å²) in [5.74, 6) is -0.171. The molecule has 4 heterocycles. The number of carbonyl (C=O) groups is 1. The molecule has 3 aliphatic rings. The third-order valence-electron chi connectivity index (χ3n) is 7.50. The molecular formula is C23H30N6O3. The van der Waals surface area contributed by atoms with Gasteiger partial charge in [0.25, 0.3) is 0 Å². The van der Waals surface area contributed by atoms with E-state index in [4.69, 9.17) is 4.74 Å². The van der Waals surface area contributed by atoms with Gasteiger partial charge in [0.05, 0.1) is 23.1 Å². The Kier molecular flexibility index (Phi) is 5.69. The van der Waals surface area contributed by atoms with Crippen LogP contribution in [0.4, 0.5) is 0 Å². The molecule has 1 aromatic carbocycles. The summed E-state index contributed by atoms with van der Waals surface area (Å²) in [5, 5.41) is 22.1. The number of rotatable bonds is 5. The topological polar surface area (TPSA) is 96.6 Å². The first-order valence-corrected chi connectivity index (χ1v) is 11.4. The minimum Gasteiger partial charge on any atom is -0.456 e. The van der Waals surface area contributed by atoms with Gasteiger partial charge in [-0.2, -0.15) is 0 Å². The maximum Gasteiger partial charge on any atom is 0.335 e. The van der Waals surface area contributed by atoms with Gasteiger partial charge in [-0.3, -0.25) is 0 Å². The van der Waals surface area contributed by atoms with Gasteiger partial charge in [-0.1, -0.05) is 12.1 Å². The maximum atomic E-state index is 11.7.